The molecule has 0 unspecified atom stereocenters. The third kappa shape index (κ3) is 2.58. The zero-order valence-electron chi connectivity index (χ0n) is 10.4. The van der Waals surface area contributed by atoms with Crippen molar-refractivity contribution >= 4 is 35.4 Å². The Balaban J connectivity index is 1.94. The molecule has 1 heterocycles. The van der Waals surface area contributed by atoms with Gasteiger partial charge in [-0.05, 0) is 35.7 Å². The van der Waals surface area contributed by atoms with Gasteiger partial charge in [0.1, 0.15) is 5.82 Å². The van der Waals surface area contributed by atoms with E-state index in [0.29, 0.717) is 0 Å². The number of pyridine rings is 1. The van der Waals surface area contributed by atoms with Crippen LogP contribution in [-0.2, 0) is 0 Å². The van der Waals surface area contributed by atoms with Gasteiger partial charge in [-0.2, -0.15) is 0 Å². The van der Waals surface area contributed by atoms with Crippen molar-refractivity contribution in [1.29, 1.82) is 0 Å². The number of fused-ring (bicyclic) bond motifs is 1. The molecule has 0 amide bonds. The molecule has 0 spiro atoms. The lowest BCUT2D eigenvalue weighted by Crippen LogP contribution is -2.12. The maximum absolute atomic E-state index is 9.11. The molecule has 0 aliphatic heterocycles. The average Bonchev–Trinajstić information content (AvgIpc) is 2.48. The molecule has 0 radical (unpaired) electrons. The summed E-state index contributed by atoms with van der Waals surface area (Å²) >= 11 is 0. The van der Waals surface area contributed by atoms with Gasteiger partial charge in [0.15, 0.2) is 0 Å². The fraction of sp³-hybridized carbons (Fsp3) is 0. The number of benzene rings is 2. The normalized spacial score (nSPS) is 10.4. The molecular weight excluding hydrogens is 235 g/mol. The summed E-state index contributed by atoms with van der Waals surface area (Å²) in [5.41, 5.74) is 2.83. The van der Waals surface area contributed by atoms with Gasteiger partial charge >= 0.3 is 7.48 Å². The van der Waals surface area contributed by atoms with Gasteiger partial charge in [0.05, 0.1) is 5.52 Å². The Kier molecular flexibility index (Phi) is 3.17. The summed E-state index contributed by atoms with van der Waals surface area (Å²) in [6.45, 7) is 0. The van der Waals surface area contributed by atoms with Gasteiger partial charge in [-0.1, -0.05) is 35.8 Å². The number of nitrogens with zero attached hydrogens (tertiary/aromatic N) is 1. The quantitative estimate of drug-likeness (QED) is 0.696. The van der Waals surface area contributed by atoms with Crippen LogP contribution in [0.5, 0.6) is 0 Å². The van der Waals surface area contributed by atoms with E-state index in [2.05, 4.69) is 10.3 Å². The summed E-state index contributed by atoms with van der Waals surface area (Å²) in [7, 11) is 0.0555. The molecule has 4 heteroatoms. The highest BCUT2D eigenvalue weighted by atomic mass is 16.2. The summed E-state index contributed by atoms with van der Waals surface area (Å²) in [5, 5.41) is 13.4. The summed E-state index contributed by atoms with van der Waals surface area (Å²) in [5.74, 6) is 0.815. The molecule has 0 aliphatic rings. The minimum Gasteiger partial charge on any atom is -0.449 e. The molecule has 0 saturated carbocycles. The summed E-state index contributed by atoms with van der Waals surface area (Å²) < 4.78 is 0. The first-order valence-corrected chi connectivity index (χ1v) is 6.18. The highest BCUT2D eigenvalue weighted by molar-refractivity contribution is 6.45. The van der Waals surface area contributed by atoms with E-state index >= 15 is 0 Å². The molecule has 0 fully saturated rings. The lowest BCUT2D eigenvalue weighted by Gasteiger charge is -2.07. The summed E-state index contributed by atoms with van der Waals surface area (Å²) in [6, 6.07) is 19.7. The van der Waals surface area contributed by atoms with E-state index in [1.165, 1.54) is 0 Å². The van der Waals surface area contributed by atoms with Crippen molar-refractivity contribution in [3.8, 4) is 0 Å². The van der Waals surface area contributed by atoms with Crippen molar-refractivity contribution in [2.75, 3.05) is 5.32 Å². The van der Waals surface area contributed by atoms with Gasteiger partial charge in [-0.3, -0.25) is 0 Å². The zero-order valence-corrected chi connectivity index (χ0v) is 10.4. The Labute approximate surface area is 112 Å². The topological polar surface area (TPSA) is 45.2 Å². The Hall–Kier alpha value is -2.33. The number of aromatic nitrogens is 1. The standard InChI is InChI=1S/C15H13BN2O/c19-16-12-7-8-14-11(10-12)6-9-15(18-14)17-13-4-2-1-3-5-13/h1-10,16,19H,(H,17,18). The van der Waals surface area contributed by atoms with Crippen molar-refractivity contribution in [3.63, 3.8) is 0 Å². The minimum atomic E-state index is 0.0555. The molecule has 0 aliphatic carbocycles. The van der Waals surface area contributed by atoms with Gasteiger partial charge in [-0.25, -0.2) is 4.98 Å². The fourth-order valence-electron chi connectivity index (χ4n) is 2.01. The van der Waals surface area contributed by atoms with Crippen LogP contribution in [0, 0.1) is 0 Å². The van der Waals surface area contributed by atoms with Crippen LogP contribution < -0.4 is 10.8 Å². The first kappa shape index (κ1) is 11.7. The number of rotatable bonds is 3. The van der Waals surface area contributed by atoms with Gasteiger partial charge in [0, 0.05) is 5.69 Å². The first-order valence-electron chi connectivity index (χ1n) is 6.18. The molecule has 2 aromatic carbocycles. The largest absolute Gasteiger partial charge is 0.449 e. The van der Waals surface area contributed by atoms with Crippen molar-refractivity contribution in [2.45, 2.75) is 0 Å². The fourth-order valence-corrected chi connectivity index (χ4v) is 2.01. The molecule has 3 nitrogen and oxygen atoms in total. The molecule has 92 valence electrons. The van der Waals surface area contributed by atoms with Crippen LogP contribution in [0.15, 0.2) is 60.7 Å². The van der Waals surface area contributed by atoms with Crippen molar-refractivity contribution in [3.05, 3.63) is 60.7 Å². The monoisotopic (exact) mass is 248 g/mol. The SMILES string of the molecule is OBc1ccc2nc(Nc3ccccc3)ccc2c1. The Morgan fingerprint density at radius 1 is 0.947 bits per heavy atom. The third-order valence-electron chi connectivity index (χ3n) is 2.98. The van der Waals surface area contributed by atoms with E-state index in [0.717, 1.165) is 27.9 Å². The van der Waals surface area contributed by atoms with E-state index in [1.54, 1.807) is 0 Å². The molecule has 0 atom stereocenters. The highest BCUT2D eigenvalue weighted by Crippen LogP contribution is 2.17. The van der Waals surface area contributed by atoms with Gasteiger partial charge in [0.2, 0.25) is 0 Å². The van der Waals surface area contributed by atoms with Crippen LogP contribution in [0.25, 0.3) is 10.9 Å². The average molecular weight is 248 g/mol. The predicted octanol–water partition coefficient (Wildman–Crippen LogP) is 1.95. The number of nitrogens with one attached hydrogen (secondary N) is 1. The third-order valence-corrected chi connectivity index (χ3v) is 2.98. The lowest BCUT2D eigenvalue weighted by atomic mass is 9.88. The number of anilines is 2. The smallest absolute Gasteiger partial charge is 0.304 e. The van der Waals surface area contributed by atoms with Crippen LogP contribution in [0.3, 0.4) is 0 Å². The predicted molar refractivity (Wildman–Crippen MR) is 80.5 cm³/mol. The Bertz CT molecular complexity index is 701. The number of hydrogen-bond acceptors (Lipinski definition) is 3. The van der Waals surface area contributed by atoms with E-state index < -0.39 is 0 Å². The van der Waals surface area contributed by atoms with E-state index in [-0.39, 0.29) is 7.48 Å². The van der Waals surface area contributed by atoms with Crippen molar-refractivity contribution in [1.82, 2.24) is 4.98 Å². The molecule has 0 saturated heterocycles. The molecule has 2 N–H and O–H groups in total. The molecular formula is C15H13BN2O. The van der Waals surface area contributed by atoms with E-state index in [1.807, 2.05) is 60.7 Å². The van der Waals surface area contributed by atoms with E-state index in [4.69, 9.17) is 5.02 Å². The van der Waals surface area contributed by atoms with Gasteiger partial charge in [0.25, 0.3) is 0 Å². The number of hydrogen-bond donors (Lipinski definition) is 2. The second-order valence-electron chi connectivity index (χ2n) is 4.37. The van der Waals surface area contributed by atoms with Crippen LogP contribution in [0.1, 0.15) is 0 Å². The van der Waals surface area contributed by atoms with Crippen LogP contribution >= 0.6 is 0 Å². The second-order valence-corrected chi connectivity index (χ2v) is 4.37. The van der Waals surface area contributed by atoms with Crippen molar-refractivity contribution < 1.29 is 5.02 Å². The molecule has 3 rings (SSSR count). The minimum absolute atomic E-state index is 0.0555. The maximum atomic E-state index is 9.11. The van der Waals surface area contributed by atoms with Gasteiger partial charge < -0.3 is 10.3 Å². The lowest BCUT2D eigenvalue weighted by molar-refractivity contribution is 0.615. The molecule has 3 aromatic rings. The zero-order chi connectivity index (χ0) is 13.1. The highest BCUT2D eigenvalue weighted by Gasteiger charge is 2.01. The van der Waals surface area contributed by atoms with E-state index in [9.17, 15) is 0 Å². The van der Waals surface area contributed by atoms with Crippen LogP contribution in [0.4, 0.5) is 11.5 Å². The number of para-hydroxylation sites is 1. The van der Waals surface area contributed by atoms with Gasteiger partial charge in [-0.15, -0.1) is 0 Å². The summed E-state index contributed by atoms with van der Waals surface area (Å²) in [4.78, 5) is 4.55. The first-order chi connectivity index (χ1) is 9.35. The van der Waals surface area contributed by atoms with Crippen molar-refractivity contribution in [2.24, 2.45) is 0 Å². The molecule has 19 heavy (non-hydrogen) atoms. The van der Waals surface area contributed by atoms with Crippen LogP contribution in [0.2, 0.25) is 0 Å². The summed E-state index contributed by atoms with van der Waals surface area (Å²) in [6.07, 6.45) is 0. The van der Waals surface area contributed by atoms with Crippen LogP contribution in [-0.4, -0.2) is 17.5 Å². The molecule has 0 bridgehead atoms. The Morgan fingerprint density at radius 3 is 2.58 bits per heavy atom. The maximum Gasteiger partial charge on any atom is 0.304 e. The molecule has 1 aromatic heterocycles. The Morgan fingerprint density at radius 2 is 1.79 bits per heavy atom. The second kappa shape index (κ2) is 5.12.